The van der Waals surface area contributed by atoms with Crippen LogP contribution in [0.5, 0.6) is 0 Å². The third kappa shape index (κ3) is 11.9. The second-order valence-electron chi connectivity index (χ2n) is 3.01. The van der Waals surface area contributed by atoms with E-state index in [2.05, 4.69) is 6.92 Å². The zero-order chi connectivity index (χ0) is 9.78. The fraction of sp³-hybridized carbons (Fsp3) is 1.00. The maximum atomic E-state index is 8.49. The first kappa shape index (κ1) is 12.9. The molecule has 0 aliphatic carbocycles. The highest BCUT2D eigenvalue weighted by Gasteiger charge is 1.89. The van der Waals surface area contributed by atoms with E-state index in [-0.39, 0.29) is 6.61 Å². The first-order chi connectivity index (χ1) is 6.41. The molecule has 80 valence electrons. The van der Waals surface area contributed by atoms with Gasteiger partial charge in [-0.05, 0) is 19.3 Å². The topological polar surface area (TPSA) is 38.7 Å². The van der Waals surface area contributed by atoms with Crippen molar-refractivity contribution in [2.75, 3.05) is 33.0 Å². The molecule has 0 fully saturated rings. The Morgan fingerprint density at radius 3 is 2.00 bits per heavy atom. The van der Waals surface area contributed by atoms with Gasteiger partial charge in [-0.25, -0.2) is 0 Å². The molecule has 0 bridgehead atoms. The van der Waals surface area contributed by atoms with Gasteiger partial charge in [-0.3, -0.25) is 0 Å². The standard InChI is InChI=1S/C10H22O3/c1-2-3-7-12-9-10-13-8-5-4-6-11/h11H,2-10H2,1H3. The van der Waals surface area contributed by atoms with Gasteiger partial charge in [0, 0.05) is 19.8 Å². The number of rotatable bonds is 10. The van der Waals surface area contributed by atoms with Crippen LogP contribution in [0.2, 0.25) is 0 Å². The van der Waals surface area contributed by atoms with Crippen molar-refractivity contribution in [3.05, 3.63) is 0 Å². The molecule has 3 heteroatoms. The number of hydrogen-bond donors (Lipinski definition) is 1. The van der Waals surface area contributed by atoms with Gasteiger partial charge in [0.15, 0.2) is 0 Å². The predicted molar refractivity (Wildman–Crippen MR) is 52.9 cm³/mol. The fourth-order valence-corrected chi connectivity index (χ4v) is 0.884. The van der Waals surface area contributed by atoms with Crippen LogP contribution < -0.4 is 0 Å². The molecule has 0 rings (SSSR count). The third-order valence-electron chi connectivity index (χ3n) is 1.71. The lowest BCUT2D eigenvalue weighted by atomic mass is 10.3. The Labute approximate surface area is 81.0 Å². The van der Waals surface area contributed by atoms with Crippen LogP contribution in [0.25, 0.3) is 0 Å². The van der Waals surface area contributed by atoms with Crippen molar-refractivity contribution in [1.82, 2.24) is 0 Å². The summed E-state index contributed by atoms with van der Waals surface area (Å²) in [7, 11) is 0. The SMILES string of the molecule is CCCCOCCOCCCCO. The van der Waals surface area contributed by atoms with Gasteiger partial charge in [-0.2, -0.15) is 0 Å². The monoisotopic (exact) mass is 190 g/mol. The van der Waals surface area contributed by atoms with Crippen molar-refractivity contribution in [2.24, 2.45) is 0 Å². The molecule has 0 heterocycles. The van der Waals surface area contributed by atoms with Gasteiger partial charge in [-0.15, -0.1) is 0 Å². The zero-order valence-corrected chi connectivity index (χ0v) is 8.63. The Morgan fingerprint density at radius 2 is 1.46 bits per heavy atom. The summed E-state index contributed by atoms with van der Waals surface area (Å²) in [5, 5.41) is 8.49. The van der Waals surface area contributed by atoms with E-state index >= 15 is 0 Å². The van der Waals surface area contributed by atoms with Crippen LogP contribution in [0.3, 0.4) is 0 Å². The first-order valence-electron chi connectivity index (χ1n) is 5.18. The van der Waals surface area contributed by atoms with Crippen LogP contribution >= 0.6 is 0 Å². The minimum absolute atomic E-state index is 0.260. The van der Waals surface area contributed by atoms with Crippen LogP contribution in [-0.4, -0.2) is 38.1 Å². The van der Waals surface area contributed by atoms with Crippen LogP contribution in [0.15, 0.2) is 0 Å². The molecule has 0 spiro atoms. The van der Waals surface area contributed by atoms with E-state index in [1.165, 1.54) is 6.42 Å². The molecule has 0 saturated heterocycles. The number of aliphatic hydroxyl groups is 1. The Kier molecular flexibility index (Phi) is 11.8. The maximum absolute atomic E-state index is 8.49. The van der Waals surface area contributed by atoms with Crippen LogP contribution in [-0.2, 0) is 9.47 Å². The van der Waals surface area contributed by atoms with Gasteiger partial charge in [0.25, 0.3) is 0 Å². The average Bonchev–Trinajstić information content (AvgIpc) is 2.16. The van der Waals surface area contributed by atoms with E-state index in [9.17, 15) is 0 Å². The van der Waals surface area contributed by atoms with E-state index in [1.807, 2.05) is 0 Å². The number of ether oxygens (including phenoxy) is 2. The van der Waals surface area contributed by atoms with E-state index in [0.29, 0.717) is 13.2 Å². The Balaban J connectivity index is 2.76. The third-order valence-corrected chi connectivity index (χ3v) is 1.71. The normalized spacial score (nSPS) is 10.6. The van der Waals surface area contributed by atoms with E-state index in [1.54, 1.807) is 0 Å². The quantitative estimate of drug-likeness (QED) is 0.532. The highest BCUT2D eigenvalue weighted by Crippen LogP contribution is 1.90. The molecular weight excluding hydrogens is 168 g/mol. The largest absolute Gasteiger partial charge is 0.396 e. The minimum Gasteiger partial charge on any atom is -0.396 e. The average molecular weight is 190 g/mol. The maximum Gasteiger partial charge on any atom is 0.0700 e. The lowest BCUT2D eigenvalue weighted by Crippen LogP contribution is -2.06. The molecule has 0 radical (unpaired) electrons. The van der Waals surface area contributed by atoms with Crippen molar-refractivity contribution < 1.29 is 14.6 Å². The summed E-state index contributed by atoms with van der Waals surface area (Å²) in [5.41, 5.74) is 0. The number of aliphatic hydroxyl groups excluding tert-OH is 1. The van der Waals surface area contributed by atoms with Crippen LogP contribution in [0.1, 0.15) is 32.6 Å². The smallest absolute Gasteiger partial charge is 0.0700 e. The van der Waals surface area contributed by atoms with Gasteiger partial charge >= 0.3 is 0 Å². The molecule has 3 nitrogen and oxygen atoms in total. The minimum atomic E-state index is 0.260. The molecule has 0 atom stereocenters. The molecule has 0 saturated carbocycles. The fourth-order valence-electron chi connectivity index (χ4n) is 0.884. The Bertz CT molecular complexity index is 76.2. The highest BCUT2D eigenvalue weighted by atomic mass is 16.5. The van der Waals surface area contributed by atoms with Gasteiger partial charge in [0.2, 0.25) is 0 Å². The molecule has 0 aliphatic heterocycles. The molecular formula is C10H22O3. The molecule has 1 N–H and O–H groups in total. The molecule has 0 aromatic rings. The lowest BCUT2D eigenvalue weighted by Gasteiger charge is -2.04. The summed E-state index contributed by atoms with van der Waals surface area (Å²) in [6, 6.07) is 0. The molecule has 0 aromatic carbocycles. The summed E-state index contributed by atoms with van der Waals surface area (Å²) in [6.07, 6.45) is 4.07. The van der Waals surface area contributed by atoms with E-state index in [0.717, 1.165) is 32.5 Å². The van der Waals surface area contributed by atoms with Gasteiger partial charge < -0.3 is 14.6 Å². The van der Waals surface area contributed by atoms with Gasteiger partial charge in [-0.1, -0.05) is 13.3 Å². The van der Waals surface area contributed by atoms with Crippen molar-refractivity contribution in [2.45, 2.75) is 32.6 Å². The number of hydrogen-bond acceptors (Lipinski definition) is 3. The lowest BCUT2D eigenvalue weighted by molar-refractivity contribution is 0.0443. The molecule has 0 aliphatic rings. The van der Waals surface area contributed by atoms with Crippen molar-refractivity contribution >= 4 is 0 Å². The van der Waals surface area contributed by atoms with Crippen LogP contribution in [0, 0.1) is 0 Å². The predicted octanol–water partition coefficient (Wildman–Crippen LogP) is 1.59. The highest BCUT2D eigenvalue weighted by molar-refractivity contribution is 4.37. The van der Waals surface area contributed by atoms with Crippen molar-refractivity contribution in [3.63, 3.8) is 0 Å². The van der Waals surface area contributed by atoms with Crippen LogP contribution in [0.4, 0.5) is 0 Å². The summed E-state index contributed by atoms with van der Waals surface area (Å²) in [6.45, 7) is 5.35. The second kappa shape index (κ2) is 11.9. The molecule has 13 heavy (non-hydrogen) atoms. The summed E-state index contributed by atoms with van der Waals surface area (Å²) in [4.78, 5) is 0. The molecule has 0 amide bonds. The van der Waals surface area contributed by atoms with Gasteiger partial charge in [0.1, 0.15) is 0 Å². The molecule has 0 aromatic heterocycles. The first-order valence-corrected chi connectivity index (χ1v) is 5.18. The Morgan fingerprint density at radius 1 is 0.846 bits per heavy atom. The second-order valence-corrected chi connectivity index (χ2v) is 3.01. The summed E-state index contributed by atoms with van der Waals surface area (Å²) in [5.74, 6) is 0. The molecule has 0 unspecified atom stereocenters. The van der Waals surface area contributed by atoms with Crippen molar-refractivity contribution in [1.29, 1.82) is 0 Å². The number of unbranched alkanes of at least 4 members (excludes halogenated alkanes) is 2. The Hall–Kier alpha value is -0.120. The van der Waals surface area contributed by atoms with Gasteiger partial charge in [0.05, 0.1) is 13.2 Å². The van der Waals surface area contributed by atoms with E-state index < -0.39 is 0 Å². The van der Waals surface area contributed by atoms with E-state index in [4.69, 9.17) is 14.6 Å². The zero-order valence-electron chi connectivity index (χ0n) is 8.63. The summed E-state index contributed by atoms with van der Waals surface area (Å²) >= 11 is 0. The summed E-state index contributed by atoms with van der Waals surface area (Å²) < 4.78 is 10.6. The van der Waals surface area contributed by atoms with Crippen molar-refractivity contribution in [3.8, 4) is 0 Å².